The molecular formula is C19H14O4. The third-order valence-corrected chi connectivity index (χ3v) is 3.47. The van der Waals surface area contributed by atoms with E-state index >= 15 is 0 Å². The lowest BCUT2D eigenvalue weighted by molar-refractivity contribution is 0.0600. The highest BCUT2D eigenvalue weighted by Gasteiger charge is 2.22. The van der Waals surface area contributed by atoms with Gasteiger partial charge >= 0.3 is 11.6 Å². The fourth-order valence-electron chi connectivity index (χ4n) is 2.44. The normalized spacial score (nSPS) is 10.3. The molecule has 1 heterocycles. The molecule has 1 aromatic heterocycles. The Morgan fingerprint density at radius 1 is 0.913 bits per heavy atom. The Kier molecular flexibility index (Phi) is 4.06. The first kappa shape index (κ1) is 14.8. The number of hydrogen-bond donors (Lipinski definition) is 0. The molecular weight excluding hydrogens is 292 g/mol. The maximum absolute atomic E-state index is 12.3. The Hall–Kier alpha value is -3.14. The molecule has 2 aromatic carbocycles. The van der Waals surface area contributed by atoms with E-state index in [1.54, 1.807) is 12.1 Å². The van der Waals surface area contributed by atoms with Crippen LogP contribution in [0.2, 0.25) is 0 Å². The van der Waals surface area contributed by atoms with E-state index in [1.165, 1.54) is 13.2 Å². The van der Waals surface area contributed by atoms with E-state index < -0.39 is 11.6 Å². The fourth-order valence-corrected chi connectivity index (χ4v) is 2.44. The second-order valence-corrected chi connectivity index (χ2v) is 4.91. The van der Waals surface area contributed by atoms with E-state index in [0.717, 1.165) is 5.56 Å². The molecule has 0 bridgehead atoms. The van der Waals surface area contributed by atoms with Gasteiger partial charge in [-0.1, -0.05) is 60.7 Å². The van der Waals surface area contributed by atoms with Gasteiger partial charge in [-0.15, -0.1) is 0 Å². The molecule has 4 heteroatoms. The molecule has 0 radical (unpaired) electrons. The van der Waals surface area contributed by atoms with Crippen molar-refractivity contribution in [1.29, 1.82) is 0 Å². The first-order valence-electron chi connectivity index (χ1n) is 7.08. The van der Waals surface area contributed by atoms with Gasteiger partial charge in [-0.05, 0) is 5.56 Å². The maximum atomic E-state index is 12.3. The van der Waals surface area contributed by atoms with Crippen molar-refractivity contribution in [2.24, 2.45) is 0 Å². The molecule has 114 valence electrons. The summed E-state index contributed by atoms with van der Waals surface area (Å²) in [6.45, 7) is 0. The van der Waals surface area contributed by atoms with Crippen LogP contribution in [0.25, 0.3) is 22.5 Å². The van der Waals surface area contributed by atoms with Crippen LogP contribution in [0.3, 0.4) is 0 Å². The van der Waals surface area contributed by atoms with Gasteiger partial charge < -0.3 is 9.15 Å². The van der Waals surface area contributed by atoms with Gasteiger partial charge in [0.05, 0.1) is 7.11 Å². The highest BCUT2D eigenvalue weighted by Crippen LogP contribution is 2.31. The van der Waals surface area contributed by atoms with Gasteiger partial charge in [0.25, 0.3) is 0 Å². The van der Waals surface area contributed by atoms with Crippen LogP contribution in [0.15, 0.2) is 75.9 Å². The zero-order valence-corrected chi connectivity index (χ0v) is 12.5. The Balaban J connectivity index is 2.35. The van der Waals surface area contributed by atoms with Gasteiger partial charge in [-0.3, -0.25) is 0 Å². The van der Waals surface area contributed by atoms with Crippen molar-refractivity contribution in [3.8, 4) is 22.5 Å². The van der Waals surface area contributed by atoms with Crippen LogP contribution in [0, 0.1) is 0 Å². The summed E-state index contributed by atoms with van der Waals surface area (Å²) in [5.41, 5.74) is 1.60. The Morgan fingerprint density at radius 3 is 2.04 bits per heavy atom. The number of ether oxygens (including phenoxy) is 1. The van der Waals surface area contributed by atoms with Gasteiger partial charge in [-0.25, -0.2) is 9.59 Å². The van der Waals surface area contributed by atoms with Crippen molar-refractivity contribution in [2.75, 3.05) is 7.11 Å². The minimum atomic E-state index is -0.550. The maximum Gasteiger partial charge on any atom is 0.342 e. The first-order chi connectivity index (χ1) is 11.2. The van der Waals surface area contributed by atoms with Crippen LogP contribution in [0.5, 0.6) is 0 Å². The van der Waals surface area contributed by atoms with E-state index in [4.69, 9.17) is 9.15 Å². The summed E-state index contributed by atoms with van der Waals surface area (Å²) in [5.74, 6) is -0.338. The van der Waals surface area contributed by atoms with E-state index in [1.807, 2.05) is 48.5 Å². The molecule has 4 nitrogen and oxygen atoms in total. The summed E-state index contributed by atoms with van der Waals surface area (Å²) in [4.78, 5) is 24.3. The summed E-state index contributed by atoms with van der Waals surface area (Å²) in [5, 5.41) is 0. The van der Waals surface area contributed by atoms with Crippen molar-refractivity contribution in [3.05, 3.63) is 82.7 Å². The standard InChI is InChI=1S/C19H14O4/c1-22-19(21)17-15(13-8-4-2-5-9-13)12-16(20)23-18(17)14-10-6-3-7-11-14/h2-12H,1H3. The van der Waals surface area contributed by atoms with Crippen molar-refractivity contribution in [2.45, 2.75) is 0 Å². The molecule has 0 atom stereocenters. The Morgan fingerprint density at radius 2 is 1.48 bits per heavy atom. The van der Waals surface area contributed by atoms with Crippen molar-refractivity contribution >= 4 is 5.97 Å². The number of esters is 1. The van der Waals surface area contributed by atoms with Crippen LogP contribution in [-0.4, -0.2) is 13.1 Å². The molecule has 0 N–H and O–H groups in total. The Bertz CT molecular complexity index is 816. The quantitative estimate of drug-likeness (QED) is 0.691. The zero-order chi connectivity index (χ0) is 16.2. The third-order valence-electron chi connectivity index (χ3n) is 3.47. The molecule has 0 spiro atoms. The fraction of sp³-hybridized carbons (Fsp3) is 0.0526. The summed E-state index contributed by atoms with van der Waals surface area (Å²) < 4.78 is 10.2. The summed E-state index contributed by atoms with van der Waals surface area (Å²) in [6, 6.07) is 19.5. The van der Waals surface area contributed by atoms with Gasteiger partial charge in [-0.2, -0.15) is 0 Å². The minimum absolute atomic E-state index is 0.212. The smallest absolute Gasteiger partial charge is 0.342 e. The van der Waals surface area contributed by atoms with Crippen LogP contribution >= 0.6 is 0 Å². The predicted molar refractivity (Wildman–Crippen MR) is 87.2 cm³/mol. The van der Waals surface area contributed by atoms with Gasteiger partial charge in [0.2, 0.25) is 0 Å². The van der Waals surface area contributed by atoms with E-state index in [-0.39, 0.29) is 11.3 Å². The van der Waals surface area contributed by atoms with E-state index in [9.17, 15) is 9.59 Å². The number of benzene rings is 2. The predicted octanol–water partition coefficient (Wildman–Crippen LogP) is 3.76. The minimum Gasteiger partial charge on any atom is -0.465 e. The molecule has 3 aromatic rings. The van der Waals surface area contributed by atoms with Crippen molar-refractivity contribution < 1.29 is 13.9 Å². The number of carbonyl (C=O) groups excluding carboxylic acids is 1. The lowest BCUT2D eigenvalue weighted by atomic mass is 9.97. The molecule has 0 amide bonds. The largest absolute Gasteiger partial charge is 0.465 e. The average Bonchev–Trinajstić information content (AvgIpc) is 2.62. The lowest BCUT2D eigenvalue weighted by Crippen LogP contribution is -2.11. The number of hydrogen-bond acceptors (Lipinski definition) is 4. The van der Waals surface area contributed by atoms with Gasteiger partial charge in [0, 0.05) is 17.2 Å². The molecule has 0 unspecified atom stereocenters. The molecule has 3 rings (SSSR count). The van der Waals surface area contributed by atoms with Crippen molar-refractivity contribution in [1.82, 2.24) is 0 Å². The second kappa shape index (κ2) is 6.32. The average molecular weight is 306 g/mol. The van der Waals surface area contributed by atoms with Crippen LogP contribution in [0.1, 0.15) is 10.4 Å². The van der Waals surface area contributed by atoms with Gasteiger partial charge in [0.15, 0.2) is 5.76 Å². The van der Waals surface area contributed by atoms with Crippen LogP contribution in [0.4, 0.5) is 0 Å². The van der Waals surface area contributed by atoms with Crippen molar-refractivity contribution in [3.63, 3.8) is 0 Å². The molecule has 23 heavy (non-hydrogen) atoms. The molecule has 0 saturated heterocycles. The topological polar surface area (TPSA) is 56.5 Å². The Labute approximate surface area is 133 Å². The summed E-state index contributed by atoms with van der Waals surface area (Å²) >= 11 is 0. The molecule has 0 saturated carbocycles. The SMILES string of the molecule is COC(=O)c1c(-c2ccccc2)cc(=O)oc1-c1ccccc1. The summed E-state index contributed by atoms with van der Waals surface area (Å²) in [6.07, 6.45) is 0. The molecule has 0 aliphatic rings. The second-order valence-electron chi connectivity index (χ2n) is 4.91. The molecule has 0 aliphatic heterocycles. The van der Waals surface area contributed by atoms with Crippen LogP contribution < -0.4 is 5.63 Å². The molecule has 0 aliphatic carbocycles. The number of rotatable bonds is 3. The number of carbonyl (C=O) groups is 1. The summed E-state index contributed by atoms with van der Waals surface area (Å²) in [7, 11) is 1.30. The number of methoxy groups -OCH3 is 1. The zero-order valence-electron chi connectivity index (χ0n) is 12.5. The van der Waals surface area contributed by atoms with E-state index in [0.29, 0.717) is 11.1 Å². The van der Waals surface area contributed by atoms with E-state index in [2.05, 4.69) is 0 Å². The highest BCUT2D eigenvalue weighted by atomic mass is 16.5. The van der Waals surface area contributed by atoms with Gasteiger partial charge in [0.1, 0.15) is 5.56 Å². The first-order valence-corrected chi connectivity index (χ1v) is 7.08. The van der Waals surface area contributed by atoms with Crippen LogP contribution in [-0.2, 0) is 4.74 Å². The lowest BCUT2D eigenvalue weighted by Gasteiger charge is -2.12. The third kappa shape index (κ3) is 2.92. The molecule has 0 fully saturated rings. The highest BCUT2D eigenvalue weighted by molar-refractivity contribution is 6.02. The monoisotopic (exact) mass is 306 g/mol.